The number of nitrogens with one attached hydrogen (secondary N) is 1. The van der Waals surface area contributed by atoms with Crippen LogP contribution >= 0.6 is 0 Å². The summed E-state index contributed by atoms with van der Waals surface area (Å²) >= 11 is 0. The molecule has 0 radical (unpaired) electrons. The van der Waals surface area contributed by atoms with Gasteiger partial charge in [-0.05, 0) is 24.8 Å². The molecule has 2 aromatic rings. The van der Waals surface area contributed by atoms with Crippen molar-refractivity contribution in [3.63, 3.8) is 0 Å². The fraction of sp³-hybridized carbons (Fsp3) is 0.591. The number of likely N-dealkylation sites (tertiary alicyclic amines) is 1. The number of carbonyl (C=O) groups is 1. The summed E-state index contributed by atoms with van der Waals surface area (Å²) in [5, 5.41) is 11.7. The van der Waals surface area contributed by atoms with Crippen LogP contribution in [-0.4, -0.2) is 54.0 Å². The van der Waals surface area contributed by atoms with Gasteiger partial charge >= 0.3 is 6.03 Å². The highest BCUT2D eigenvalue weighted by Gasteiger charge is 2.51. The third kappa shape index (κ3) is 4.29. The van der Waals surface area contributed by atoms with Crippen LogP contribution in [0.25, 0.3) is 0 Å². The number of benzene rings is 1. The van der Waals surface area contributed by atoms with Crippen LogP contribution < -0.4 is 5.32 Å². The molecule has 2 amide bonds. The van der Waals surface area contributed by atoms with Crippen molar-refractivity contribution in [3.8, 4) is 0 Å². The average molecular weight is 399 g/mol. The largest absolute Gasteiger partial charge is 0.425 e. The zero-order valence-electron chi connectivity index (χ0n) is 17.3. The first-order valence-corrected chi connectivity index (χ1v) is 10.6. The number of urea groups is 1. The van der Waals surface area contributed by atoms with Gasteiger partial charge in [0.25, 0.3) is 0 Å². The van der Waals surface area contributed by atoms with E-state index >= 15 is 0 Å². The van der Waals surface area contributed by atoms with E-state index in [0.29, 0.717) is 44.6 Å². The van der Waals surface area contributed by atoms with Gasteiger partial charge in [0.15, 0.2) is 0 Å². The highest BCUT2D eigenvalue weighted by Crippen LogP contribution is 2.49. The molecule has 156 valence electrons. The SMILES string of the molecule is CC(C)c1nnc(C2CN(C(=O)NCCc3ccccc3)CC23CCOCC3)o1. The molecule has 2 aliphatic heterocycles. The van der Waals surface area contributed by atoms with Gasteiger partial charge in [-0.15, -0.1) is 10.2 Å². The van der Waals surface area contributed by atoms with Gasteiger partial charge in [-0.1, -0.05) is 44.2 Å². The van der Waals surface area contributed by atoms with Crippen LogP contribution in [0.15, 0.2) is 34.7 Å². The van der Waals surface area contributed by atoms with Gasteiger partial charge in [0.05, 0.1) is 5.92 Å². The quantitative estimate of drug-likeness (QED) is 0.835. The molecule has 1 unspecified atom stereocenters. The number of hydrogen-bond acceptors (Lipinski definition) is 5. The summed E-state index contributed by atoms with van der Waals surface area (Å²) < 4.78 is 11.6. The minimum atomic E-state index is -0.0458. The predicted octanol–water partition coefficient (Wildman–Crippen LogP) is 3.34. The summed E-state index contributed by atoms with van der Waals surface area (Å²) in [6.07, 6.45) is 2.64. The maximum absolute atomic E-state index is 12.9. The summed E-state index contributed by atoms with van der Waals surface area (Å²) in [5.41, 5.74) is 1.18. The van der Waals surface area contributed by atoms with Crippen LogP contribution in [0.2, 0.25) is 0 Å². The molecule has 0 bridgehead atoms. The molecule has 2 saturated heterocycles. The Morgan fingerprint density at radius 3 is 2.69 bits per heavy atom. The van der Waals surface area contributed by atoms with E-state index in [-0.39, 0.29) is 23.3 Å². The van der Waals surface area contributed by atoms with Crippen LogP contribution in [0.5, 0.6) is 0 Å². The summed E-state index contributed by atoms with van der Waals surface area (Å²) in [6, 6.07) is 10.2. The normalized spacial score (nSPS) is 21.1. The first kappa shape index (κ1) is 19.9. The van der Waals surface area contributed by atoms with Crippen molar-refractivity contribution in [3.05, 3.63) is 47.7 Å². The van der Waals surface area contributed by atoms with Crippen LogP contribution in [0, 0.1) is 5.41 Å². The maximum atomic E-state index is 12.9. The maximum Gasteiger partial charge on any atom is 0.317 e. The average Bonchev–Trinajstić information content (AvgIpc) is 3.35. The predicted molar refractivity (Wildman–Crippen MR) is 109 cm³/mol. The number of aromatic nitrogens is 2. The molecule has 7 heteroatoms. The van der Waals surface area contributed by atoms with E-state index in [1.54, 1.807) is 0 Å². The van der Waals surface area contributed by atoms with Crippen molar-refractivity contribution in [2.45, 2.75) is 44.9 Å². The fourth-order valence-corrected chi connectivity index (χ4v) is 4.44. The Hall–Kier alpha value is -2.41. The lowest BCUT2D eigenvalue weighted by atomic mass is 9.72. The number of hydrogen-bond donors (Lipinski definition) is 1. The standard InChI is InChI=1S/C22H30N4O3/c1-16(2)19-24-25-20(29-19)18-14-26(15-22(18)9-12-28-13-10-22)21(27)23-11-8-17-6-4-3-5-7-17/h3-7,16,18H,8-15H2,1-2H3,(H,23,27). The van der Waals surface area contributed by atoms with Crippen molar-refractivity contribution >= 4 is 6.03 Å². The van der Waals surface area contributed by atoms with Crippen molar-refractivity contribution in [1.29, 1.82) is 0 Å². The van der Waals surface area contributed by atoms with E-state index in [0.717, 1.165) is 19.3 Å². The number of carbonyl (C=O) groups excluding carboxylic acids is 1. The molecule has 0 aliphatic carbocycles. The van der Waals surface area contributed by atoms with Crippen LogP contribution in [-0.2, 0) is 11.2 Å². The summed E-state index contributed by atoms with van der Waals surface area (Å²) in [6.45, 7) is 7.45. The van der Waals surface area contributed by atoms with Gasteiger partial charge in [-0.2, -0.15) is 0 Å². The summed E-state index contributed by atoms with van der Waals surface area (Å²) in [4.78, 5) is 14.8. The third-order valence-corrected chi connectivity index (χ3v) is 6.20. The first-order valence-electron chi connectivity index (χ1n) is 10.6. The smallest absolute Gasteiger partial charge is 0.317 e. The monoisotopic (exact) mass is 398 g/mol. The Morgan fingerprint density at radius 2 is 2.00 bits per heavy atom. The number of rotatable bonds is 5. The number of nitrogens with zero attached hydrogens (tertiary/aromatic N) is 3. The lowest BCUT2D eigenvalue weighted by Gasteiger charge is -2.36. The minimum Gasteiger partial charge on any atom is -0.425 e. The van der Waals surface area contributed by atoms with Crippen LogP contribution in [0.1, 0.15) is 55.9 Å². The second kappa shape index (κ2) is 8.53. The Balaban J connectivity index is 1.43. The Kier molecular flexibility index (Phi) is 5.85. The van der Waals surface area contributed by atoms with Gasteiger partial charge in [-0.25, -0.2) is 4.79 Å². The molecular formula is C22H30N4O3. The molecule has 1 spiro atoms. The molecule has 7 nitrogen and oxygen atoms in total. The highest BCUT2D eigenvalue weighted by molar-refractivity contribution is 5.74. The molecule has 29 heavy (non-hydrogen) atoms. The number of ether oxygens (including phenoxy) is 1. The Bertz CT molecular complexity index is 814. The molecule has 3 heterocycles. The fourth-order valence-electron chi connectivity index (χ4n) is 4.44. The first-order chi connectivity index (χ1) is 14.1. The zero-order valence-corrected chi connectivity index (χ0v) is 17.3. The van der Waals surface area contributed by atoms with Crippen molar-refractivity contribution in [2.75, 3.05) is 32.8 Å². The van der Waals surface area contributed by atoms with Gasteiger partial charge in [-0.3, -0.25) is 0 Å². The van der Waals surface area contributed by atoms with Gasteiger partial charge in [0.2, 0.25) is 11.8 Å². The van der Waals surface area contributed by atoms with Gasteiger partial charge in [0.1, 0.15) is 0 Å². The molecular weight excluding hydrogens is 368 g/mol. The molecule has 1 atom stereocenters. The lowest BCUT2D eigenvalue weighted by molar-refractivity contribution is 0.00998. The van der Waals surface area contributed by atoms with Gasteiger partial charge in [0, 0.05) is 44.2 Å². The van der Waals surface area contributed by atoms with Crippen molar-refractivity contribution in [1.82, 2.24) is 20.4 Å². The zero-order chi connectivity index (χ0) is 20.3. The second-order valence-corrected chi connectivity index (χ2v) is 8.51. The van der Waals surface area contributed by atoms with Crippen LogP contribution in [0.3, 0.4) is 0 Å². The third-order valence-electron chi connectivity index (χ3n) is 6.20. The van der Waals surface area contributed by atoms with E-state index in [9.17, 15) is 4.79 Å². The Labute approximate surface area is 171 Å². The van der Waals surface area contributed by atoms with E-state index < -0.39 is 0 Å². The molecule has 4 rings (SSSR count). The molecule has 2 aliphatic rings. The highest BCUT2D eigenvalue weighted by atomic mass is 16.5. The molecule has 1 aromatic carbocycles. The topological polar surface area (TPSA) is 80.5 Å². The van der Waals surface area contributed by atoms with E-state index in [4.69, 9.17) is 9.15 Å². The molecule has 1 N–H and O–H groups in total. The summed E-state index contributed by atoms with van der Waals surface area (Å²) in [7, 11) is 0. The Morgan fingerprint density at radius 1 is 1.24 bits per heavy atom. The van der Waals surface area contributed by atoms with Crippen molar-refractivity contribution < 1.29 is 13.9 Å². The van der Waals surface area contributed by atoms with E-state index in [2.05, 4.69) is 27.6 Å². The second-order valence-electron chi connectivity index (χ2n) is 8.51. The molecule has 2 fully saturated rings. The van der Waals surface area contributed by atoms with E-state index in [1.807, 2.05) is 36.9 Å². The number of amides is 2. The lowest BCUT2D eigenvalue weighted by Crippen LogP contribution is -2.41. The van der Waals surface area contributed by atoms with E-state index in [1.165, 1.54) is 5.56 Å². The van der Waals surface area contributed by atoms with Crippen LogP contribution in [0.4, 0.5) is 4.79 Å². The van der Waals surface area contributed by atoms with Gasteiger partial charge < -0.3 is 19.4 Å². The summed E-state index contributed by atoms with van der Waals surface area (Å²) in [5.74, 6) is 1.58. The molecule has 0 saturated carbocycles. The minimum absolute atomic E-state index is 0.0158. The molecule has 1 aromatic heterocycles. The van der Waals surface area contributed by atoms with Crippen molar-refractivity contribution in [2.24, 2.45) is 5.41 Å².